The van der Waals surface area contributed by atoms with Gasteiger partial charge in [0, 0.05) is 42.1 Å². The molecule has 104 valence electrons. The molecule has 0 amide bonds. The zero-order valence-corrected chi connectivity index (χ0v) is 12.6. The Kier molecular flexibility index (Phi) is 4.40. The number of hydrogen-bond donors (Lipinski definition) is 1. The van der Waals surface area contributed by atoms with Crippen LogP contribution in [0.15, 0.2) is 41.1 Å². The monoisotopic (exact) mass is 333 g/mol. The second-order valence-electron chi connectivity index (χ2n) is 4.80. The molecule has 1 atom stereocenters. The highest BCUT2D eigenvalue weighted by molar-refractivity contribution is 9.10. The van der Waals surface area contributed by atoms with Crippen molar-refractivity contribution in [1.29, 1.82) is 0 Å². The van der Waals surface area contributed by atoms with Crippen LogP contribution in [-0.2, 0) is 11.2 Å². The van der Waals surface area contributed by atoms with Gasteiger partial charge in [-0.05, 0) is 39.7 Å². The maximum absolute atomic E-state index is 5.69. The minimum Gasteiger partial charge on any atom is -0.369 e. The van der Waals surface area contributed by atoms with Crippen molar-refractivity contribution in [2.24, 2.45) is 0 Å². The molecule has 1 fully saturated rings. The van der Waals surface area contributed by atoms with Gasteiger partial charge < -0.3 is 10.1 Å². The lowest BCUT2D eigenvalue weighted by Gasteiger charge is -2.23. The SMILES string of the molecule is Brc1ccc(Cc2ccc([C@H]3CNCCO3)nc2)nc1. The Hall–Kier alpha value is -1.30. The highest BCUT2D eigenvalue weighted by Gasteiger charge is 2.16. The molecule has 0 saturated carbocycles. The predicted molar refractivity (Wildman–Crippen MR) is 80.5 cm³/mol. The van der Waals surface area contributed by atoms with Crippen LogP contribution in [0.25, 0.3) is 0 Å². The Bertz CT molecular complexity index is 550. The molecule has 3 rings (SSSR count). The smallest absolute Gasteiger partial charge is 0.112 e. The van der Waals surface area contributed by atoms with Crippen LogP contribution in [0.4, 0.5) is 0 Å². The third-order valence-corrected chi connectivity index (χ3v) is 3.75. The first kappa shape index (κ1) is 13.7. The van der Waals surface area contributed by atoms with Crippen molar-refractivity contribution in [1.82, 2.24) is 15.3 Å². The summed E-state index contributed by atoms with van der Waals surface area (Å²) in [5.41, 5.74) is 3.19. The molecule has 1 N–H and O–H groups in total. The molecule has 0 radical (unpaired) electrons. The summed E-state index contributed by atoms with van der Waals surface area (Å²) in [5, 5.41) is 3.31. The van der Waals surface area contributed by atoms with Crippen LogP contribution in [-0.4, -0.2) is 29.7 Å². The van der Waals surface area contributed by atoms with E-state index in [0.717, 1.165) is 47.5 Å². The summed E-state index contributed by atoms with van der Waals surface area (Å²) in [5.74, 6) is 0. The summed E-state index contributed by atoms with van der Waals surface area (Å²) in [6.07, 6.45) is 4.60. The Balaban J connectivity index is 1.67. The topological polar surface area (TPSA) is 47.0 Å². The number of nitrogens with one attached hydrogen (secondary N) is 1. The van der Waals surface area contributed by atoms with Gasteiger partial charge in [0.2, 0.25) is 0 Å². The van der Waals surface area contributed by atoms with Crippen molar-refractivity contribution in [3.8, 4) is 0 Å². The summed E-state index contributed by atoms with van der Waals surface area (Å²) in [4.78, 5) is 8.89. The molecule has 4 nitrogen and oxygen atoms in total. The van der Waals surface area contributed by atoms with E-state index in [1.807, 2.05) is 30.6 Å². The first-order valence-corrected chi connectivity index (χ1v) is 7.48. The summed E-state index contributed by atoms with van der Waals surface area (Å²) >= 11 is 3.39. The zero-order valence-electron chi connectivity index (χ0n) is 11.1. The van der Waals surface area contributed by atoms with E-state index < -0.39 is 0 Å². The van der Waals surface area contributed by atoms with Crippen molar-refractivity contribution in [3.63, 3.8) is 0 Å². The maximum atomic E-state index is 5.69. The molecule has 1 saturated heterocycles. The molecule has 1 aliphatic rings. The van der Waals surface area contributed by atoms with E-state index in [9.17, 15) is 0 Å². The van der Waals surface area contributed by atoms with Crippen LogP contribution < -0.4 is 5.32 Å². The molecule has 0 spiro atoms. The maximum Gasteiger partial charge on any atom is 0.112 e. The van der Waals surface area contributed by atoms with Gasteiger partial charge in [0.15, 0.2) is 0 Å². The van der Waals surface area contributed by atoms with E-state index in [0.29, 0.717) is 0 Å². The third kappa shape index (κ3) is 3.42. The molecule has 0 unspecified atom stereocenters. The van der Waals surface area contributed by atoms with Crippen LogP contribution in [0.1, 0.15) is 23.1 Å². The number of aromatic nitrogens is 2. The van der Waals surface area contributed by atoms with Gasteiger partial charge in [-0.2, -0.15) is 0 Å². The fourth-order valence-corrected chi connectivity index (χ4v) is 2.44. The van der Waals surface area contributed by atoms with Crippen molar-refractivity contribution < 1.29 is 4.74 Å². The van der Waals surface area contributed by atoms with Gasteiger partial charge in [-0.25, -0.2) is 0 Å². The van der Waals surface area contributed by atoms with Gasteiger partial charge >= 0.3 is 0 Å². The first-order valence-electron chi connectivity index (χ1n) is 6.69. The van der Waals surface area contributed by atoms with Crippen molar-refractivity contribution >= 4 is 15.9 Å². The van der Waals surface area contributed by atoms with Crippen molar-refractivity contribution in [3.05, 3.63) is 58.1 Å². The summed E-state index contributed by atoms with van der Waals surface area (Å²) in [7, 11) is 0. The average Bonchev–Trinajstić information content (AvgIpc) is 2.51. The molecule has 20 heavy (non-hydrogen) atoms. The van der Waals surface area contributed by atoms with Crippen LogP contribution >= 0.6 is 15.9 Å². The average molecular weight is 334 g/mol. The lowest BCUT2D eigenvalue weighted by molar-refractivity contribution is 0.0250. The van der Waals surface area contributed by atoms with E-state index >= 15 is 0 Å². The number of ether oxygens (including phenoxy) is 1. The highest BCUT2D eigenvalue weighted by Crippen LogP contribution is 2.17. The fourth-order valence-electron chi connectivity index (χ4n) is 2.21. The number of pyridine rings is 2. The Morgan fingerprint density at radius 2 is 2.15 bits per heavy atom. The van der Waals surface area contributed by atoms with Gasteiger partial charge in [-0.15, -0.1) is 0 Å². The van der Waals surface area contributed by atoms with Gasteiger partial charge in [0.05, 0.1) is 12.3 Å². The minimum absolute atomic E-state index is 0.0728. The molecule has 0 aliphatic carbocycles. The largest absolute Gasteiger partial charge is 0.369 e. The molecule has 0 aromatic carbocycles. The predicted octanol–water partition coefficient (Wildman–Crippen LogP) is 2.49. The third-order valence-electron chi connectivity index (χ3n) is 3.28. The lowest BCUT2D eigenvalue weighted by Crippen LogP contribution is -2.33. The van der Waals surface area contributed by atoms with Gasteiger partial charge in [0.1, 0.15) is 6.10 Å². The minimum atomic E-state index is 0.0728. The molecule has 5 heteroatoms. The quantitative estimate of drug-likeness (QED) is 0.937. The Morgan fingerprint density at radius 1 is 1.20 bits per heavy atom. The zero-order chi connectivity index (χ0) is 13.8. The van der Waals surface area contributed by atoms with E-state index in [1.165, 1.54) is 0 Å². The second-order valence-corrected chi connectivity index (χ2v) is 5.72. The molecule has 1 aliphatic heterocycles. The fraction of sp³-hybridized carbons (Fsp3) is 0.333. The number of nitrogens with zero attached hydrogens (tertiary/aromatic N) is 2. The lowest BCUT2D eigenvalue weighted by atomic mass is 10.1. The van der Waals surface area contributed by atoms with E-state index in [2.05, 4.69) is 37.3 Å². The van der Waals surface area contributed by atoms with Crippen molar-refractivity contribution in [2.45, 2.75) is 12.5 Å². The van der Waals surface area contributed by atoms with Crippen LogP contribution in [0.3, 0.4) is 0 Å². The second kappa shape index (κ2) is 6.43. The van der Waals surface area contributed by atoms with E-state index in [1.54, 1.807) is 0 Å². The molecule has 0 bridgehead atoms. The summed E-state index contributed by atoms with van der Waals surface area (Å²) in [6, 6.07) is 8.17. The molecular formula is C15H16BrN3O. The van der Waals surface area contributed by atoms with E-state index in [-0.39, 0.29) is 6.10 Å². The molecular weight excluding hydrogens is 318 g/mol. The Morgan fingerprint density at radius 3 is 2.80 bits per heavy atom. The molecule has 2 aromatic heterocycles. The first-order chi connectivity index (χ1) is 9.81. The van der Waals surface area contributed by atoms with Gasteiger partial charge in [-0.3, -0.25) is 9.97 Å². The van der Waals surface area contributed by atoms with Gasteiger partial charge in [-0.1, -0.05) is 6.07 Å². The number of rotatable bonds is 3. The van der Waals surface area contributed by atoms with Crippen molar-refractivity contribution in [2.75, 3.05) is 19.7 Å². The van der Waals surface area contributed by atoms with Crippen LogP contribution in [0.5, 0.6) is 0 Å². The number of morpholine rings is 1. The number of halogens is 1. The van der Waals surface area contributed by atoms with E-state index in [4.69, 9.17) is 4.74 Å². The van der Waals surface area contributed by atoms with Crippen LogP contribution in [0, 0.1) is 0 Å². The molecule has 3 heterocycles. The van der Waals surface area contributed by atoms with Crippen LogP contribution in [0.2, 0.25) is 0 Å². The van der Waals surface area contributed by atoms with Gasteiger partial charge in [0.25, 0.3) is 0 Å². The standard InChI is InChI=1S/C15H16BrN3O/c16-12-2-3-13(18-9-12)7-11-1-4-14(19-8-11)15-10-17-5-6-20-15/h1-4,8-9,15,17H,5-7,10H2/t15-/m1/s1. The molecule has 2 aromatic rings. The highest BCUT2D eigenvalue weighted by atomic mass is 79.9. The Labute approximate surface area is 126 Å². The normalized spacial score (nSPS) is 18.9. The number of hydrogen-bond acceptors (Lipinski definition) is 4. The summed E-state index contributed by atoms with van der Waals surface area (Å²) in [6.45, 7) is 2.50. The summed E-state index contributed by atoms with van der Waals surface area (Å²) < 4.78 is 6.69.